The second-order valence-electron chi connectivity index (χ2n) is 5.98. The summed E-state index contributed by atoms with van der Waals surface area (Å²) in [6.45, 7) is 2.47. The number of hydrogen-bond donors (Lipinski definition) is 0. The summed E-state index contributed by atoms with van der Waals surface area (Å²) in [6.07, 6.45) is 0. The number of amides is 1. The van der Waals surface area contributed by atoms with Gasteiger partial charge in [0.15, 0.2) is 6.61 Å². The zero-order valence-corrected chi connectivity index (χ0v) is 14.2. The number of aryl methyl sites for hydroxylation is 1. The molecule has 0 aliphatic rings. The molecule has 0 unspecified atom stereocenters. The average molecular weight is 337 g/mol. The van der Waals surface area contributed by atoms with Gasteiger partial charge in [0.2, 0.25) is 0 Å². The van der Waals surface area contributed by atoms with E-state index in [1.54, 1.807) is 36.2 Å². The molecule has 0 saturated carbocycles. The van der Waals surface area contributed by atoms with E-state index < -0.39 is 5.63 Å². The molecule has 1 heterocycles. The van der Waals surface area contributed by atoms with Crippen LogP contribution in [0.25, 0.3) is 11.0 Å². The molecule has 0 radical (unpaired) electrons. The molecule has 128 valence electrons. The maximum atomic E-state index is 12.2. The fourth-order valence-corrected chi connectivity index (χ4v) is 2.44. The normalized spacial score (nSPS) is 10.6. The molecule has 3 aromatic rings. The van der Waals surface area contributed by atoms with Gasteiger partial charge >= 0.3 is 5.63 Å². The van der Waals surface area contributed by atoms with Crippen molar-refractivity contribution in [3.8, 4) is 5.75 Å². The van der Waals surface area contributed by atoms with Crippen molar-refractivity contribution in [2.45, 2.75) is 13.5 Å². The van der Waals surface area contributed by atoms with Gasteiger partial charge in [0, 0.05) is 31.1 Å². The summed E-state index contributed by atoms with van der Waals surface area (Å²) < 4.78 is 10.7. The van der Waals surface area contributed by atoms with Crippen molar-refractivity contribution >= 4 is 16.9 Å². The van der Waals surface area contributed by atoms with E-state index in [0.29, 0.717) is 17.9 Å². The van der Waals surface area contributed by atoms with Gasteiger partial charge in [-0.05, 0) is 30.7 Å². The average Bonchev–Trinajstić information content (AvgIpc) is 2.61. The zero-order chi connectivity index (χ0) is 17.8. The lowest BCUT2D eigenvalue weighted by molar-refractivity contribution is -0.132. The van der Waals surface area contributed by atoms with Crippen LogP contribution in [0.3, 0.4) is 0 Å². The Morgan fingerprint density at radius 1 is 1.08 bits per heavy atom. The Kier molecular flexibility index (Phi) is 4.84. The summed E-state index contributed by atoms with van der Waals surface area (Å²) in [5.41, 5.74) is 2.27. The maximum Gasteiger partial charge on any atom is 0.336 e. The molecule has 5 nitrogen and oxygen atoms in total. The molecule has 5 heteroatoms. The predicted octanol–water partition coefficient (Wildman–Crippen LogP) is 3.14. The minimum Gasteiger partial charge on any atom is -0.484 e. The molecule has 0 N–H and O–H groups in total. The van der Waals surface area contributed by atoms with Gasteiger partial charge in [0.1, 0.15) is 11.3 Å². The van der Waals surface area contributed by atoms with Crippen LogP contribution in [0.2, 0.25) is 0 Å². The number of ether oxygens (including phenoxy) is 1. The van der Waals surface area contributed by atoms with Crippen LogP contribution in [0.5, 0.6) is 5.75 Å². The van der Waals surface area contributed by atoms with E-state index in [1.165, 1.54) is 11.6 Å². The minimum atomic E-state index is -0.418. The van der Waals surface area contributed by atoms with E-state index in [2.05, 4.69) is 0 Å². The quantitative estimate of drug-likeness (QED) is 0.671. The molecule has 1 amide bonds. The maximum absolute atomic E-state index is 12.2. The van der Waals surface area contributed by atoms with Crippen molar-refractivity contribution in [3.05, 3.63) is 76.1 Å². The summed E-state index contributed by atoms with van der Waals surface area (Å²) in [6, 6.07) is 16.3. The number of likely N-dealkylation sites (N-methyl/N-ethyl adjacent to an activating group) is 1. The summed E-state index contributed by atoms with van der Waals surface area (Å²) in [5, 5.41) is 0.801. The number of fused-ring (bicyclic) bond motifs is 1. The first-order valence-electron chi connectivity index (χ1n) is 7.97. The Bertz CT molecular complexity index is 944. The molecule has 1 aromatic heterocycles. The van der Waals surface area contributed by atoms with Crippen molar-refractivity contribution < 1.29 is 13.9 Å². The van der Waals surface area contributed by atoms with Gasteiger partial charge in [-0.1, -0.05) is 29.8 Å². The lowest BCUT2D eigenvalue weighted by Gasteiger charge is -2.17. The van der Waals surface area contributed by atoms with Gasteiger partial charge in [0.05, 0.1) is 0 Å². The van der Waals surface area contributed by atoms with Crippen molar-refractivity contribution in [2.75, 3.05) is 13.7 Å². The van der Waals surface area contributed by atoms with Crippen molar-refractivity contribution in [3.63, 3.8) is 0 Å². The molecule has 0 aliphatic heterocycles. The van der Waals surface area contributed by atoms with Crippen LogP contribution < -0.4 is 10.4 Å². The summed E-state index contributed by atoms with van der Waals surface area (Å²) in [7, 11) is 1.74. The van der Waals surface area contributed by atoms with Crippen molar-refractivity contribution in [1.29, 1.82) is 0 Å². The van der Waals surface area contributed by atoms with Crippen LogP contribution in [-0.2, 0) is 11.3 Å². The lowest BCUT2D eigenvalue weighted by atomic mass is 10.1. The number of hydrogen-bond acceptors (Lipinski definition) is 4. The predicted molar refractivity (Wildman–Crippen MR) is 95.6 cm³/mol. The second kappa shape index (κ2) is 7.21. The van der Waals surface area contributed by atoms with E-state index in [-0.39, 0.29) is 12.5 Å². The summed E-state index contributed by atoms with van der Waals surface area (Å²) >= 11 is 0. The Morgan fingerprint density at radius 3 is 2.56 bits per heavy atom. The van der Waals surface area contributed by atoms with Gasteiger partial charge in [-0.3, -0.25) is 4.79 Å². The Balaban J connectivity index is 1.61. The molecule has 25 heavy (non-hydrogen) atoms. The highest BCUT2D eigenvalue weighted by Gasteiger charge is 2.11. The van der Waals surface area contributed by atoms with Gasteiger partial charge in [-0.25, -0.2) is 4.79 Å². The van der Waals surface area contributed by atoms with Crippen LogP contribution in [0.15, 0.2) is 63.8 Å². The third kappa shape index (κ3) is 4.26. The van der Waals surface area contributed by atoms with Crippen molar-refractivity contribution in [1.82, 2.24) is 4.90 Å². The molecule has 0 spiro atoms. The number of carbonyl (C=O) groups excluding carboxylic acids is 1. The molecular formula is C20H19NO4. The molecule has 2 aromatic carbocycles. The molecule has 3 rings (SSSR count). The molecular weight excluding hydrogens is 318 g/mol. The lowest BCUT2D eigenvalue weighted by Crippen LogP contribution is -2.30. The topological polar surface area (TPSA) is 59.8 Å². The number of benzene rings is 2. The first kappa shape index (κ1) is 16.8. The number of rotatable bonds is 5. The van der Waals surface area contributed by atoms with E-state index >= 15 is 0 Å². The standard InChI is InChI=1S/C20H19NO4/c1-14-3-5-15(6-4-14)12-21(2)19(22)13-24-17-9-7-16-8-10-20(23)25-18(16)11-17/h3-11H,12-13H2,1-2H3. The molecule has 0 aliphatic carbocycles. The van der Waals surface area contributed by atoms with Crippen LogP contribution in [0.1, 0.15) is 11.1 Å². The Hall–Kier alpha value is -3.08. The van der Waals surface area contributed by atoms with Gasteiger partial charge < -0.3 is 14.1 Å². The first-order chi connectivity index (χ1) is 12.0. The third-order valence-electron chi connectivity index (χ3n) is 3.92. The largest absolute Gasteiger partial charge is 0.484 e. The smallest absolute Gasteiger partial charge is 0.336 e. The summed E-state index contributed by atoms with van der Waals surface area (Å²) in [4.78, 5) is 25.1. The van der Waals surface area contributed by atoms with Gasteiger partial charge in [-0.2, -0.15) is 0 Å². The Morgan fingerprint density at radius 2 is 1.80 bits per heavy atom. The van der Waals surface area contributed by atoms with Crippen LogP contribution in [0.4, 0.5) is 0 Å². The monoisotopic (exact) mass is 337 g/mol. The highest BCUT2D eigenvalue weighted by Crippen LogP contribution is 2.19. The van der Waals surface area contributed by atoms with E-state index in [4.69, 9.17) is 9.15 Å². The zero-order valence-electron chi connectivity index (χ0n) is 14.2. The second-order valence-corrected chi connectivity index (χ2v) is 5.98. The van der Waals surface area contributed by atoms with E-state index in [9.17, 15) is 9.59 Å². The third-order valence-corrected chi connectivity index (χ3v) is 3.92. The highest BCUT2D eigenvalue weighted by molar-refractivity contribution is 5.79. The Labute approximate surface area is 145 Å². The van der Waals surface area contributed by atoms with Crippen LogP contribution >= 0.6 is 0 Å². The number of nitrogens with zero attached hydrogens (tertiary/aromatic N) is 1. The van der Waals surface area contributed by atoms with Crippen molar-refractivity contribution in [2.24, 2.45) is 0 Å². The molecule has 0 atom stereocenters. The fraction of sp³-hybridized carbons (Fsp3) is 0.200. The minimum absolute atomic E-state index is 0.0784. The van der Waals surface area contributed by atoms with Crippen LogP contribution in [0, 0.1) is 6.92 Å². The van der Waals surface area contributed by atoms with Crippen LogP contribution in [-0.4, -0.2) is 24.5 Å². The van der Waals surface area contributed by atoms with E-state index in [0.717, 1.165) is 10.9 Å². The van der Waals surface area contributed by atoms with Gasteiger partial charge in [0.25, 0.3) is 5.91 Å². The highest BCUT2D eigenvalue weighted by atomic mass is 16.5. The summed E-state index contributed by atoms with van der Waals surface area (Å²) in [5.74, 6) is 0.356. The number of carbonyl (C=O) groups is 1. The van der Waals surface area contributed by atoms with E-state index in [1.807, 2.05) is 31.2 Å². The molecule has 0 bridgehead atoms. The molecule has 0 fully saturated rings. The fourth-order valence-electron chi connectivity index (χ4n) is 2.44. The SMILES string of the molecule is Cc1ccc(CN(C)C(=O)COc2ccc3ccc(=O)oc3c2)cc1. The first-order valence-corrected chi connectivity index (χ1v) is 7.97. The molecule has 0 saturated heterocycles. The van der Waals surface area contributed by atoms with Gasteiger partial charge in [-0.15, -0.1) is 0 Å².